The number of benzene rings is 1. The molecule has 2 fully saturated rings. The molecule has 1 heterocycles. The van der Waals surface area contributed by atoms with E-state index in [9.17, 15) is 9.18 Å². The summed E-state index contributed by atoms with van der Waals surface area (Å²) in [4.78, 5) is 12.1. The minimum Gasteiger partial charge on any atom is -0.307 e. The number of ketones is 1. The molecule has 84 valence electrons. The van der Waals surface area contributed by atoms with Crippen LogP contribution in [-0.2, 0) is 0 Å². The van der Waals surface area contributed by atoms with Crippen molar-refractivity contribution in [3.05, 3.63) is 35.6 Å². The van der Waals surface area contributed by atoms with Crippen molar-refractivity contribution < 1.29 is 9.18 Å². The van der Waals surface area contributed by atoms with E-state index in [4.69, 9.17) is 0 Å². The molecule has 1 aromatic rings. The van der Waals surface area contributed by atoms with Crippen molar-refractivity contribution in [1.29, 1.82) is 0 Å². The number of carbonyl (C=O) groups is 1. The summed E-state index contributed by atoms with van der Waals surface area (Å²) >= 11 is 0. The summed E-state index contributed by atoms with van der Waals surface area (Å²) < 4.78 is 12.7. The molecule has 3 heteroatoms. The SMILES string of the molecule is O=C(c1ccc(F)cc1)[C@@H]1CC2(CC2)CN1. The van der Waals surface area contributed by atoms with Gasteiger partial charge in [-0.15, -0.1) is 0 Å². The van der Waals surface area contributed by atoms with Crippen molar-refractivity contribution in [1.82, 2.24) is 5.32 Å². The fourth-order valence-electron chi connectivity index (χ4n) is 2.48. The standard InChI is InChI=1S/C13H14FNO/c14-10-3-1-9(2-4-10)12(16)11-7-13(5-6-13)8-15-11/h1-4,11,15H,5-8H2/t11-/m0/s1. The van der Waals surface area contributed by atoms with Gasteiger partial charge in [0.1, 0.15) is 5.82 Å². The van der Waals surface area contributed by atoms with E-state index < -0.39 is 0 Å². The van der Waals surface area contributed by atoms with Crippen molar-refractivity contribution in [2.24, 2.45) is 5.41 Å². The molecule has 1 atom stereocenters. The third-order valence-corrected chi connectivity index (χ3v) is 3.76. The maximum absolute atomic E-state index is 12.7. The van der Waals surface area contributed by atoms with E-state index in [1.807, 2.05) is 0 Å². The van der Waals surface area contributed by atoms with Crippen LogP contribution in [0.4, 0.5) is 4.39 Å². The summed E-state index contributed by atoms with van der Waals surface area (Å²) in [5, 5.41) is 3.28. The Hall–Kier alpha value is -1.22. The lowest BCUT2D eigenvalue weighted by Gasteiger charge is -2.09. The molecule has 3 rings (SSSR count). The van der Waals surface area contributed by atoms with Crippen LogP contribution in [0.25, 0.3) is 0 Å². The summed E-state index contributed by atoms with van der Waals surface area (Å²) in [6.45, 7) is 0.963. The lowest BCUT2D eigenvalue weighted by Crippen LogP contribution is -2.30. The molecule has 1 aliphatic carbocycles. The van der Waals surface area contributed by atoms with Gasteiger partial charge in [-0.25, -0.2) is 4.39 Å². The molecule has 1 spiro atoms. The quantitative estimate of drug-likeness (QED) is 0.772. The van der Waals surface area contributed by atoms with Crippen molar-refractivity contribution >= 4 is 5.78 Å². The highest BCUT2D eigenvalue weighted by molar-refractivity contribution is 6.00. The molecule has 1 saturated heterocycles. The van der Waals surface area contributed by atoms with Gasteiger partial charge in [-0.05, 0) is 48.9 Å². The Morgan fingerprint density at radius 1 is 1.31 bits per heavy atom. The predicted octanol–water partition coefficient (Wildman–Crippen LogP) is 2.15. The van der Waals surface area contributed by atoms with Gasteiger partial charge >= 0.3 is 0 Å². The Balaban J connectivity index is 1.75. The van der Waals surface area contributed by atoms with E-state index in [1.165, 1.54) is 25.0 Å². The molecule has 1 aromatic carbocycles. The fourth-order valence-corrected chi connectivity index (χ4v) is 2.48. The van der Waals surface area contributed by atoms with Crippen molar-refractivity contribution in [2.75, 3.05) is 6.54 Å². The van der Waals surface area contributed by atoms with Crippen molar-refractivity contribution in [2.45, 2.75) is 25.3 Å². The summed E-state index contributed by atoms with van der Waals surface area (Å²) in [7, 11) is 0. The van der Waals surface area contributed by atoms with Crippen LogP contribution >= 0.6 is 0 Å². The minimum atomic E-state index is -0.297. The topological polar surface area (TPSA) is 29.1 Å². The van der Waals surface area contributed by atoms with E-state index in [1.54, 1.807) is 12.1 Å². The van der Waals surface area contributed by atoms with Crippen LogP contribution in [0.3, 0.4) is 0 Å². The Labute approximate surface area is 93.9 Å². The zero-order chi connectivity index (χ0) is 11.2. The van der Waals surface area contributed by atoms with Gasteiger partial charge in [-0.3, -0.25) is 4.79 Å². The molecule has 0 radical (unpaired) electrons. The van der Waals surface area contributed by atoms with Crippen LogP contribution in [0, 0.1) is 11.2 Å². The Morgan fingerprint density at radius 2 is 2.00 bits per heavy atom. The maximum Gasteiger partial charge on any atom is 0.179 e. The second kappa shape index (κ2) is 3.39. The number of hydrogen-bond donors (Lipinski definition) is 1. The van der Waals surface area contributed by atoms with Crippen LogP contribution in [0.2, 0.25) is 0 Å². The van der Waals surface area contributed by atoms with Crippen LogP contribution in [-0.4, -0.2) is 18.4 Å². The molecule has 1 N–H and O–H groups in total. The number of nitrogens with one attached hydrogen (secondary N) is 1. The zero-order valence-electron chi connectivity index (χ0n) is 9.00. The van der Waals surface area contributed by atoms with Crippen molar-refractivity contribution in [3.8, 4) is 0 Å². The Bertz CT molecular complexity index is 422. The van der Waals surface area contributed by atoms with Gasteiger partial charge in [0.2, 0.25) is 0 Å². The summed E-state index contributed by atoms with van der Waals surface area (Å²) in [6.07, 6.45) is 3.43. The average Bonchev–Trinajstić information content (AvgIpc) is 2.89. The number of Topliss-reactive ketones (excluding diaryl/α,β-unsaturated/α-hetero) is 1. The highest BCUT2D eigenvalue weighted by atomic mass is 19.1. The van der Waals surface area contributed by atoms with E-state index >= 15 is 0 Å². The Kier molecular flexibility index (Phi) is 2.11. The van der Waals surface area contributed by atoms with Crippen LogP contribution < -0.4 is 5.32 Å². The molecule has 1 saturated carbocycles. The fraction of sp³-hybridized carbons (Fsp3) is 0.462. The minimum absolute atomic E-state index is 0.0621. The molecule has 2 aliphatic rings. The van der Waals surface area contributed by atoms with Crippen LogP contribution in [0.15, 0.2) is 24.3 Å². The molecule has 0 aromatic heterocycles. The maximum atomic E-state index is 12.7. The smallest absolute Gasteiger partial charge is 0.179 e. The zero-order valence-corrected chi connectivity index (χ0v) is 9.00. The Morgan fingerprint density at radius 3 is 2.56 bits per heavy atom. The molecule has 16 heavy (non-hydrogen) atoms. The van der Waals surface area contributed by atoms with Gasteiger partial charge in [0.25, 0.3) is 0 Å². The number of carbonyl (C=O) groups excluding carboxylic acids is 1. The van der Waals surface area contributed by atoms with E-state index in [0.29, 0.717) is 11.0 Å². The first-order chi connectivity index (χ1) is 7.69. The van der Waals surface area contributed by atoms with Crippen molar-refractivity contribution in [3.63, 3.8) is 0 Å². The molecule has 0 bridgehead atoms. The normalized spacial score (nSPS) is 25.9. The number of halogens is 1. The van der Waals surface area contributed by atoms with Gasteiger partial charge in [0.05, 0.1) is 6.04 Å². The van der Waals surface area contributed by atoms with Gasteiger partial charge in [-0.2, -0.15) is 0 Å². The highest BCUT2D eigenvalue weighted by Crippen LogP contribution is 2.52. The molecule has 1 aliphatic heterocycles. The van der Waals surface area contributed by atoms with Crippen LogP contribution in [0.1, 0.15) is 29.6 Å². The molecular weight excluding hydrogens is 205 g/mol. The lowest BCUT2D eigenvalue weighted by molar-refractivity contribution is 0.0950. The molecular formula is C13H14FNO. The third-order valence-electron chi connectivity index (χ3n) is 3.76. The van der Waals surface area contributed by atoms with E-state index in [0.717, 1.165) is 13.0 Å². The molecule has 0 amide bonds. The van der Waals surface area contributed by atoms with E-state index in [2.05, 4.69) is 5.32 Å². The second-order valence-corrected chi connectivity index (χ2v) is 5.01. The lowest BCUT2D eigenvalue weighted by atomic mass is 9.97. The first-order valence-corrected chi connectivity index (χ1v) is 5.72. The first-order valence-electron chi connectivity index (χ1n) is 5.72. The summed E-state index contributed by atoms with van der Waals surface area (Å²) in [5.74, 6) is -0.196. The average molecular weight is 219 g/mol. The number of hydrogen-bond acceptors (Lipinski definition) is 2. The largest absolute Gasteiger partial charge is 0.307 e. The second-order valence-electron chi connectivity index (χ2n) is 5.01. The first kappa shape index (κ1) is 9.97. The van der Waals surface area contributed by atoms with Crippen LogP contribution in [0.5, 0.6) is 0 Å². The molecule has 0 unspecified atom stereocenters. The monoisotopic (exact) mass is 219 g/mol. The summed E-state index contributed by atoms with van der Waals surface area (Å²) in [6, 6.07) is 5.76. The summed E-state index contributed by atoms with van der Waals surface area (Å²) in [5.41, 5.74) is 1.02. The van der Waals surface area contributed by atoms with Gasteiger partial charge < -0.3 is 5.32 Å². The molecule has 2 nitrogen and oxygen atoms in total. The predicted molar refractivity (Wildman–Crippen MR) is 58.8 cm³/mol. The van der Waals surface area contributed by atoms with E-state index in [-0.39, 0.29) is 17.6 Å². The number of rotatable bonds is 2. The van der Waals surface area contributed by atoms with Gasteiger partial charge in [0.15, 0.2) is 5.78 Å². The van der Waals surface area contributed by atoms with Gasteiger partial charge in [0, 0.05) is 12.1 Å². The third kappa shape index (κ3) is 1.65. The van der Waals surface area contributed by atoms with Gasteiger partial charge in [-0.1, -0.05) is 0 Å². The highest BCUT2D eigenvalue weighted by Gasteiger charge is 2.49.